The lowest BCUT2D eigenvalue weighted by atomic mass is 9.84. The summed E-state index contributed by atoms with van der Waals surface area (Å²) in [6, 6.07) is 20.1. The minimum atomic E-state index is -0.397. The number of aromatic amines is 1. The maximum absolute atomic E-state index is 12.8. The van der Waals surface area contributed by atoms with Crippen LogP contribution in [0.4, 0.5) is 5.69 Å². The van der Waals surface area contributed by atoms with Crippen molar-refractivity contribution in [3.05, 3.63) is 83.6 Å². The molecule has 0 radical (unpaired) electrons. The molecule has 4 aromatic rings. The average molecular weight is 473 g/mol. The molecule has 0 atom stereocenters. The predicted molar refractivity (Wildman–Crippen MR) is 135 cm³/mol. The van der Waals surface area contributed by atoms with Crippen LogP contribution in [0.15, 0.2) is 66.7 Å². The molecule has 0 aliphatic carbocycles. The Labute approximate surface area is 203 Å². The van der Waals surface area contributed by atoms with Gasteiger partial charge in [-0.3, -0.25) is 14.7 Å². The lowest BCUT2D eigenvalue weighted by Gasteiger charge is -2.26. The van der Waals surface area contributed by atoms with Gasteiger partial charge in [0.05, 0.1) is 19.7 Å². The first kappa shape index (κ1) is 23.8. The van der Waals surface area contributed by atoms with E-state index in [1.807, 2.05) is 62.4 Å². The molecule has 0 saturated carbocycles. The quantitative estimate of drug-likeness (QED) is 0.349. The van der Waals surface area contributed by atoms with E-state index in [-0.39, 0.29) is 11.8 Å². The molecule has 4 rings (SSSR count). The molecule has 8 nitrogen and oxygen atoms in total. The number of para-hydroxylation sites is 1. The van der Waals surface area contributed by atoms with E-state index >= 15 is 0 Å². The zero-order valence-electron chi connectivity index (χ0n) is 20.1. The van der Waals surface area contributed by atoms with Crippen LogP contribution in [0.1, 0.15) is 40.3 Å². The summed E-state index contributed by atoms with van der Waals surface area (Å²) in [4.78, 5) is 25.6. The lowest BCUT2D eigenvalue weighted by molar-refractivity contribution is 0.0941. The highest BCUT2D eigenvalue weighted by atomic mass is 16.5. The maximum Gasteiger partial charge on any atom is 0.272 e. The first-order valence-corrected chi connectivity index (χ1v) is 11.2. The molecular weight excluding hydrogens is 444 g/mol. The van der Waals surface area contributed by atoms with Crippen LogP contribution in [0.3, 0.4) is 0 Å². The second kappa shape index (κ2) is 9.89. The molecule has 0 spiro atoms. The Hall–Kier alpha value is -4.33. The van der Waals surface area contributed by atoms with E-state index in [1.54, 1.807) is 25.3 Å². The van der Waals surface area contributed by atoms with Gasteiger partial charge in [-0.15, -0.1) is 0 Å². The lowest BCUT2D eigenvalue weighted by Crippen LogP contribution is -2.37. The number of nitrogens with zero attached hydrogens (tertiary/aromatic N) is 1. The maximum atomic E-state index is 12.8. The summed E-state index contributed by atoms with van der Waals surface area (Å²) in [5, 5.41) is 13.8. The van der Waals surface area contributed by atoms with Crippen molar-refractivity contribution in [1.82, 2.24) is 15.5 Å². The Morgan fingerprint density at radius 2 is 1.69 bits per heavy atom. The topological polar surface area (TPSA) is 105 Å². The van der Waals surface area contributed by atoms with E-state index in [9.17, 15) is 9.59 Å². The zero-order valence-corrected chi connectivity index (χ0v) is 20.1. The van der Waals surface area contributed by atoms with E-state index < -0.39 is 5.41 Å². The van der Waals surface area contributed by atoms with Crippen LogP contribution in [0.5, 0.6) is 11.5 Å². The van der Waals surface area contributed by atoms with Crippen molar-refractivity contribution >= 4 is 28.4 Å². The number of ether oxygens (including phenoxy) is 2. The predicted octanol–water partition coefficient (Wildman–Crippen LogP) is 4.54. The highest BCUT2D eigenvalue weighted by Crippen LogP contribution is 2.29. The Morgan fingerprint density at radius 3 is 2.46 bits per heavy atom. The highest BCUT2D eigenvalue weighted by Gasteiger charge is 2.24. The molecule has 0 aliphatic heterocycles. The zero-order chi connectivity index (χ0) is 25.0. The summed E-state index contributed by atoms with van der Waals surface area (Å²) >= 11 is 0. The highest BCUT2D eigenvalue weighted by molar-refractivity contribution is 6.05. The third-order valence-corrected chi connectivity index (χ3v) is 5.92. The third-order valence-electron chi connectivity index (χ3n) is 5.92. The average Bonchev–Trinajstić information content (AvgIpc) is 3.31. The van der Waals surface area contributed by atoms with Gasteiger partial charge < -0.3 is 20.1 Å². The molecule has 1 heterocycles. The number of benzene rings is 3. The number of amides is 2. The minimum absolute atomic E-state index is 0.242. The molecule has 0 bridgehead atoms. The number of H-pyrrole nitrogens is 1. The number of fused-ring (bicyclic) bond motifs is 1. The monoisotopic (exact) mass is 472 g/mol. The molecule has 0 fully saturated rings. The number of hydrogen-bond donors (Lipinski definition) is 3. The Kier molecular flexibility index (Phi) is 6.73. The molecule has 180 valence electrons. The van der Waals surface area contributed by atoms with Gasteiger partial charge in [-0.2, -0.15) is 5.10 Å². The standard InChI is InChI=1S/C27H28N4O4/c1-27(2,16-28-26(33)24-20-10-5-6-11-21(20)30-31-24)18-8-7-9-19(15-18)29-25(32)17-12-13-22(34-3)23(14-17)35-4/h5-15H,16H2,1-4H3,(H,28,33)(H,29,32)(H,30,31). The Balaban J connectivity index is 1.45. The van der Waals surface area contributed by atoms with Crippen LogP contribution in [0.25, 0.3) is 10.9 Å². The molecule has 2 amide bonds. The van der Waals surface area contributed by atoms with Gasteiger partial charge in [0.2, 0.25) is 0 Å². The second-order valence-electron chi connectivity index (χ2n) is 8.79. The summed E-state index contributed by atoms with van der Waals surface area (Å²) in [6.07, 6.45) is 0. The fraction of sp³-hybridized carbons (Fsp3) is 0.222. The number of rotatable bonds is 8. The first-order chi connectivity index (χ1) is 16.8. The van der Waals surface area contributed by atoms with Crippen LogP contribution in [0, 0.1) is 0 Å². The number of carbonyl (C=O) groups excluding carboxylic acids is 2. The van der Waals surface area contributed by atoms with Crippen molar-refractivity contribution in [1.29, 1.82) is 0 Å². The number of nitrogens with one attached hydrogen (secondary N) is 3. The van der Waals surface area contributed by atoms with Gasteiger partial charge in [0, 0.05) is 28.6 Å². The van der Waals surface area contributed by atoms with Crippen LogP contribution in [-0.4, -0.2) is 42.8 Å². The molecule has 3 aromatic carbocycles. The largest absolute Gasteiger partial charge is 0.493 e. The summed E-state index contributed by atoms with van der Waals surface area (Å²) in [7, 11) is 3.07. The Morgan fingerprint density at radius 1 is 0.914 bits per heavy atom. The minimum Gasteiger partial charge on any atom is -0.493 e. The fourth-order valence-corrected chi connectivity index (χ4v) is 3.82. The second-order valence-corrected chi connectivity index (χ2v) is 8.79. The van der Waals surface area contributed by atoms with Gasteiger partial charge in [0.25, 0.3) is 11.8 Å². The number of carbonyl (C=O) groups is 2. The summed E-state index contributed by atoms with van der Waals surface area (Å²) < 4.78 is 10.5. The van der Waals surface area contributed by atoms with Crippen LogP contribution >= 0.6 is 0 Å². The molecule has 35 heavy (non-hydrogen) atoms. The van der Waals surface area contributed by atoms with Gasteiger partial charge in [0.1, 0.15) is 0 Å². The molecule has 3 N–H and O–H groups in total. The van der Waals surface area contributed by atoms with E-state index in [4.69, 9.17) is 9.47 Å². The van der Waals surface area contributed by atoms with Crippen molar-refractivity contribution in [2.45, 2.75) is 19.3 Å². The van der Waals surface area contributed by atoms with E-state index in [0.29, 0.717) is 35.0 Å². The smallest absolute Gasteiger partial charge is 0.272 e. The normalized spacial score (nSPS) is 11.2. The Bertz CT molecular complexity index is 1380. The molecule has 8 heteroatoms. The summed E-state index contributed by atoms with van der Waals surface area (Å²) in [6.45, 7) is 4.45. The van der Waals surface area contributed by atoms with Gasteiger partial charge in [-0.1, -0.05) is 44.2 Å². The van der Waals surface area contributed by atoms with Gasteiger partial charge in [-0.25, -0.2) is 0 Å². The van der Waals surface area contributed by atoms with Crippen molar-refractivity contribution < 1.29 is 19.1 Å². The number of aromatic nitrogens is 2. The summed E-state index contributed by atoms with van der Waals surface area (Å²) in [5.74, 6) is 0.529. The van der Waals surface area contributed by atoms with Gasteiger partial charge >= 0.3 is 0 Å². The number of methoxy groups -OCH3 is 2. The van der Waals surface area contributed by atoms with Crippen molar-refractivity contribution in [2.75, 3.05) is 26.1 Å². The van der Waals surface area contributed by atoms with E-state index in [0.717, 1.165) is 16.5 Å². The van der Waals surface area contributed by atoms with Crippen LogP contribution in [-0.2, 0) is 5.41 Å². The molecule has 0 saturated heterocycles. The van der Waals surface area contributed by atoms with E-state index in [2.05, 4.69) is 20.8 Å². The van der Waals surface area contributed by atoms with Crippen LogP contribution in [0.2, 0.25) is 0 Å². The van der Waals surface area contributed by atoms with Gasteiger partial charge in [0.15, 0.2) is 17.2 Å². The van der Waals surface area contributed by atoms with Crippen LogP contribution < -0.4 is 20.1 Å². The van der Waals surface area contributed by atoms with Crippen molar-refractivity contribution in [2.24, 2.45) is 0 Å². The fourth-order valence-electron chi connectivity index (χ4n) is 3.82. The first-order valence-electron chi connectivity index (χ1n) is 11.2. The van der Waals surface area contributed by atoms with Gasteiger partial charge in [-0.05, 0) is 42.0 Å². The molecule has 0 aliphatic rings. The number of anilines is 1. The SMILES string of the molecule is COc1ccc(C(=O)Nc2cccc(C(C)(C)CNC(=O)c3n[nH]c4ccccc34)c2)cc1OC. The van der Waals surface area contributed by atoms with Crippen molar-refractivity contribution in [3.8, 4) is 11.5 Å². The molecular formula is C27H28N4O4. The third kappa shape index (κ3) is 5.11. The number of hydrogen-bond acceptors (Lipinski definition) is 5. The summed E-state index contributed by atoms with van der Waals surface area (Å²) in [5.41, 5.74) is 2.86. The molecule has 0 unspecified atom stereocenters. The van der Waals surface area contributed by atoms with Crippen molar-refractivity contribution in [3.63, 3.8) is 0 Å². The molecule has 1 aromatic heterocycles. The van der Waals surface area contributed by atoms with E-state index in [1.165, 1.54) is 7.11 Å².